The molecule has 0 radical (unpaired) electrons. The fraction of sp³-hybridized carbons (Fsp3) is 0.611. The molecule has 0 aliphatic carbocycles. The topological polar surface area (TPSA) is 58.6 Å². The molecule has 0 saturated heterocycles. The predicted octanol–water partition coefficient (Wildman–Crippen LogP) is 3.10. The summed E-state index contributed by atoms with van der Waals surface area (Å²) >= 11 is 0. The van der Waals surface area contributed by atoms with E-state index < -0.39 is 5.60 Å². The zero-order valence-electron chi connectivity index (χ0n) is 14.3. The Morgan fingerprint density at radius 1 is 1.36 bits per heavy atom. The van der Waals surface area contributed by atoms with Crippen LogP contribution in [0.1, 0.15) is 52.0 Å². The number of amides is 1. The number of carbonyl (C=O) groups is 1. The van der Waals surface area contributed by atoms with Crippen molar-refractivity contribution in [3.63, 3.8) is 0 Å². The van der Waals surface area contributed by atoms with E-state index in [9.17, 15) is 9.90 Å². The van der Waals surface area contributed by atoms with Gasteiger partial charge < -0.3 is 15.2 Å². The molecule has 3 unspecified atom stereocenters. The number of hydrogen-bond acceptors (Lipinski definition) is 3. The van der Waals surface area contributed by atoms with Crippen LogP contribution in [0, 0.1) is 5.92 Å². The molecule has 22 heavy (non-hydrogen) atoms. The zero-order valence-corrected chi connectivity index (χ0v) is 14.3. The van der Waals surface area contributed by atoms with Crippen LogP contribution < -0.4 is 10.1 Å². The second-order valence-corrected chi connectivity index (χ2v) is 6.29. The van der Waals surface area contributed by atoms with Crippen LogP contribution in [0.3, 0.4) is 0 Å². The van der Waals surface area contributed by atoms with E-state index in [1.54, 1.807) is 14.0 Å². The SMILES string of the molecule is CCC(C)C(C)(O)CNC(=O)CC(C)c1ccccc1OC. The molecular weight excluding hydrogens is 278 g/mol. The van der Waals surface area contributed by atoms with Crippen molar-refractivity contribution < 1.29 is 14.6 Å². The third-order valence-corrected chi connectivity index (χ3v) is 4.48. The van der Waals surface area contributed by atoms with Crippen molar-refractivity contribution in [3.8, 4) is 5.75 Å². The third-order valence-electron chi connectivity index (χ3n) is 4.48. The molecule has 0 spiro atoms. The van der Waals surface area contributed by atoms with Crippen LogP contribution >= 0.6 is 0 Å². The molecule has 0 bridgehead atoms. The van der Waals surface area contributed by atoms with Crippen LogP contribution in [-0.2, 0) is 4.79 Å². The van der Waals surface area contributed by atoms with Gasteiger partial charge in [-0.25, -0.2) is 0 Å². The summed E-state index contributed by atoms with van der Waals surface area (Å²) in [4.78, 5) is 12.1. The first-order chi connectivity index (χ1) is 10.3. The quantitative estimate of drug-likeness (QED) is 0.776. The Bertz CT molecular complexity index is 485. The summed E-state index contributed by atoms with van der Waals surface area (Å²) in [6.45, 7) is 8.07. The first-order valence-electron chi connectivity index (χ1n) is 7.93. The van der Waals surface area contributed by atoms with Crippen molar-refractivity contribution in [1.82, 2.24) is 5.32 Å². The lowest BCUT2D eigenvalue weighted by Crippen LogP contribution is -2.45. The summed E-state index contributed by atoms with van der Waals surface area (Å²) in [5.41, 5.74) is 0.145. The number of benzene rings is 1. The molecule has 0 aromatic heterocycles. The molecule has 1 aromatic carbocycles. The minimum absolute atomic E-state index is 0.0537. The molecule has 2 N–H and O–H groups in total. The second kappa shape index (κ2) is 8.18. The lowest BCUT2D eigenvalue weighted by atomic mass is 9.88. The van der Waals surface area contributed by atoms with Gasteiger partial charge in [0.25, 0.3) is 0 Å². The Kier molecular flexibility index (Phi) is 6.88. The van der Waals surface area contributed by atoms with E-state index in [2.05, 4.69) is 5.32 Å². The minimum Gasteiger partial charge on any atom is -0.496 e. The van der Waals surface area contributed by atoms with Gasteiger partial charge in [0, 0.05) is 13.0 Å². The zero-order chi connectivity index (χ0) is 16.8. The smallest absolute Gasteiger partial charge is 0.220 e. The first-order valence-corrected chi connectivity index (χ1v) is 7.93. The van der Waals surface area contributed by atoms with Crippen molar-refractivity contribution in [2.75, 3.05) is 13.7 Å². The summed E-state index contributed by atoms with van der Waals surface area (Å²) in [6.07, 6.45) is 1.25. The van der Waals surface area contributed by atoms with Crippen LogP contribution in [0.25, 0.3) is 0 Å². The molecule has 4 nitrogen and oxygen atoms in total. The highest BCUT2D eigenvalue weighted by molar-refractivity contribution is 5.77. The summed E-state index contributed by atoms with van der Waals surface area (Å²) in [7, 11) is 1.63. The predicted molar refractivity (Wildman–Crippen MR) is 89.1 cm³/mol. The van der Waals surface area contributed by atoms with Gasteiger partial charge in [0.05, 0.1) is 12.7 Å². The highest BCUT2D eigenvalue weighted by Crippen LogP contribution is 2.28. The third kappa shape index (κ3) is 5.02. The minimum atomic E-state index is -0.877. The van der Waals surface area contributed by atoms with E-state index in [0.717, 1.165) is 17.7 Å². The Morgan fingerprint density at radius 2 is 2.00 bits per heavy atom. The number of carbonyl (C=O) groups excluding carboxylic acids is 1. The molecule has 4 heteroatoms. The average Bonchev–Trinajstić information content (AvgIpc) is 2.52. The fourth-order valence-electron chi connectivity index (χ4n) is 2.43. The molecule has 1 rings (SSSR count). The normalized spacial score (nSPS) is 16.5. The summed E-state index contributed by atoms with van der Waals surface area (Å²) < 4.78 is 5.34. The van der Waals surface area contributed by atoms with Gasteiger partial charge in [-0.3, -0.25) is 4.79 Å². The molecule has 0 heterocycles. The first kappa shape index (κ1) is 18.5. The van der Waals surface area contributed by atoms with Gasteiger partial charge in [-0.15, -0.1) is 0 Å². The monoisotopic (exact) mass is 307 g/mol. The standard InChI is InChI=1S/C18H29NO3/c1-6-14(3)18(4,21)12-19-17(20)11-13(2)15-9-7-8-10-16(15)22-5/h7-10,13-14,21H,6,11-12H2,1-5H3,(H,19,20). The second-order valence-electron chi connectivity index (χ2n) is 6.29. The molecule has 0 saturated carbocycles. The van der Waals surface area contributed by atoms with Gasteiger partial charge in [-0.2, -0.15) is 0 Å². The highest BCUT2D eigenvalue weighted by Gasteiger charge is 2.27. The summed E-state index contributed by atoms with van der Waals surface area (Å²) in [6, 6.07) is 7.74. The summed E-state index contributed by atoms with van der Waals surface area (Å²) in [5.74, 6) is 0.945. The Balaban J connectivity index is 2.58. The average molecular weight is 307 g/mol. The van der Waals surface area contributed by atoms with Crippen molar-refractivity contribution in [1.29, 1.82) is 0 Å². The maximum absolute atomic E-state index is 12.1. The Morgan fingerprint density at radius 3 is 2.59 bits per heavy atom. The van der Waals surface area contributed by atoms with Crippen LogP contribution in [0.4, 0.5) is 0 Å². The molecule has 0 fully saturated rings. The van der Waals surface area contributed by atoms with Crippen LogP contribution in [-0.4, -0.2) is 30.3 Å². The van der Waals surface area contributed by atoms with Crippen molar-refractivity contribution in [2.24, 2.45) is 5.92 Å². The summed E-state index contributed by atoms with van der Waals surface area (Å²) in [5, 5.41) is 13.2. The van der Waals surface area contributed by atoms with Crippen molar-refractivity contribution in [3.05, 3.63) is 29.8 Å². The molecule has 124 valence electrons. The number of hydrogen-bond donors (Lipinski definition) is 2. The van der Waals surface area contributed by atoms with E-state index in [0.29, 0.717) is 6.42 Å². The van der Waals surface area contributed by atoms with Gasteiger partial charge in [-0.1, -0.05) is 45.4 Å². The Labute approximate surface area is 133 Å². The molecule has 1 amide bonds. The molecule has 0 aliphatic heterocycles. The molecule has 1 aromatic rings. The van der Waals surface area contributed by atoms with E-state index >= 15 is 0 Å². The van der Waals surface area contributed by atoms with Gasteiger partial charge in [0.15, 0.2) is 0 Å². The van der Waals surface area contributed by atoms with Crippen LogP contribution in [0.5, 0.6) is 5.75 Å². The molecule has 3 atom stereocenters. The number of methoxy groups -OCH3 is 1. The van der Waals surface area contributed by atoms with Crippen LogP contribution in [0.2, 0.25) is 0 Å². The van der Waals surface area contributed by atoms with Gasteiger partial charge in [-0.05, 0) is 30.4 Å². The van der Waals surface area contributed by atoms with E-state index in [1.807, 2.05) is 45.0 Å². The number of para-hydroxylation sites is 1. The number of rotatable bonds is 8. The maximum Gasteiger partial charge on any atom is 0.220 e. The van der Waals surface area contributed by atoms with Crippen molar-refractivity contribution >= 4 is 5.91 Å². The van der Waals surface area contributed by atoms with Crippen molar-refractivity contribution in [2.45, 2.75) is 52.1 Å². The number of nitrogens with one attached hydrogen (secondary N) is 1. The Hall–Kier alpha value is -1.55. The van der Waals surface area contributed by atoms with Gasteiger partial charge in [0.1, 0.15) is 5.75 Å². The number of aliphatic hydroxyl groups is 1. The van der Waals surface area contributed by atoms with Crippen LogP contribution in [0.15, 0.2) is 24.3 Å². The van der Waals surface area contributed by atoms with Gasteiger partial charge in [0.2, 0.25) is 5.91 Å². The van der Waals surface area contributed by atoms with E-state index in [4.69, 9.17) is 4.74 Å². The lowest BCUT2D eigenvalue weighted by molar-refractivity contribution is -0.123. The van der Waals surface area contributed by atoms with E-state index in [1.165, 1.54) is 0 Å². The highest BCUT2D eigenvalue weighted by atomic mass is 16.5. The fourth-order valence-corrected chi connectivity index (χ4v) is 2.43. The molecule has 0 aliphatic rings. The lowest BCUT2D eigenvalue weighted by Gasteiger charge is -2.30. The van der Waals surface area contributed by atoms with Gasteiger partial charge >= 0.3 is 0 Å². The van der Waals surface area contributed by atoms with E-state index in [-0.39, 0.29) is 24.3 Å². The molecular formula is C18H29NO3. The largest absolute Gasteiger partial charge is 0.496 e. The maximum atomic E-state index is 12.1. The number of ether oxygens (including phenoxy) is 1.